The monoisotopic (exact) mass is 191 g/mol. The molecule has 0 amide bonds. The molecule has 0 radical (unpaired) electrons. The van der Waals surface area contributed by atoms with Crippen LogP contribution in [-0.2, 0) is 0 Å². The van der Waals surface area contributed by atoms with Gasteiger partial charge in [-0.25, -0.2) is 0 Å². The van der Waals surface area contributed by atoms with Gasteiger partial charge < -0.3 is 4.90 Å². The van der Waals surface area contributed by atoms with Gasteiger partial charge >= 0.3 is 0 Å². The van der Waals surface area contributed by atoms with Crippen molar-refractivity contribution in [2.24, 2.45) is 0 Å². The summed E-state index contributed by atoms with van der Waals surface area (Å²) in [5.41, 5.74) is 0. The van der Waals surface area contributed by atoms with Crippen LogP contribution in [-0.4, -0.2) is 18.5 Å². The predicted molar refractivity (Wildman–Crippen MR) is 57.6 cm³/mol. The first-order valence-electron chi connectivity index (χ1n) is 4.48. The quantitative estimate of drug-likeness (QED) is 0.707. The van der Waals surface area contributed by atoms with E-state index in [-0.39, 0.29) is 0 Å². The number of rotatable bonds is 2. The van der Waals surface area contributed by atoms with Crippen LogP contribution < -0.4 is 0 Å². The second-order valence-corrected chi connectivity index (χ2v) is 4.44. The van der Waals surface area contributed by atoms with Crippen molar-refractivity contribution in [2.75, 3.05) is 13.6 Å². The zero-order valence-corrected chi connectivity index (χ0v) is 8.55. The lowest BCUT2D eigenvalue weighted by molar-refractivity contribution is 0.496. The van der Waals surface area contributed by atoms with Crippen molar-refractivity contribution < 1.29 is 0 Å². The second kappa shape index (κ2) is 3.88. The topological polar surface area (TPSA) is 3.24 Å². The van der Waals surface area contributed by atoms with Crippen molar-refractivity contribution in [3.63, 3.8) is 0 Å². The molecular formula is C11H13NS. The minimum Gasteiger partial charge on any atom is -0.379 e. The smallest absolute Gasteiger partial charge is 0.0215 e. The second-order valence-electron chi connectivity index (χ2n) is 3.24. The van der Waals surface area contributed by atoms with Gasteiger partial charge in [-0.05, 0) is 18.6 Å². The molecule has 0 bridgehead atoms. The highest BCUT2D eigenvalue weighted by Crippen LogP contribution is 2.31. The molecule has 1 aromatic rings. The van der Waals surface area contributed by atoms with E-state index in [9.17, 15) is 0 Å². The SMILES string of the molecule is CN1C=C(Sc2ccccc2)CC1. The fraction of sp³-hybridized carbons (Fsp3) is 0.273. The molecule has 0 fully saturated rings. The van der Waals surface area contributed by atoms with Crippen LogP contribution in [0, 0.1) is 0 Å². The van der Waals surface area contributed by atoms with Crippen LogP contribution in [0.2, 0.25) is 0 Å². The van der Waals surface area contributed by atoms with Crippen molar-refractivity contribution in [1.29, 1.82) is 0 Å². The average molecular weight is 191 g/mol. The number of hydrogen-bond donors (Lipinski definition) is 0. The number of benzene rings is 1. The Balaban J connectivity index is 2.03. The molecule has 0 saturated heterocycles. The molecule has 0 aliphatic carbocycles. The molecule has 0 saturated carbocycles. The molecule has 1 aliphatic heterocycles. The van der Waals surface area contributed by atoms with E-state index in [2.05, 4.69) is 48.5 Å². The lowest BCUT2D eigenvalue weighted by Gasteiger charge is -2.02. The average Bonchev–Trinajstić information content (AvgIpc) is 2.53. The molecule has 0 spiro atoms. The van der Waals surface area contributed by atoms with Crippen LogP contribution in [0.25, 0.3) is 0 Å². The van der Waals surface area contributed by atoms with Gasteiger partial charge in [0.25, 0.3) is 0 Å². The van der Waals surface area contributed by atoms with Gasteiger partial charge in [0.15, 0.2) is 0 Å². The first-order valence-corrected chi connectivity index (χ1v) is 5.30. The first kappa shape index (κ1) is 8.70. The molecule has 2 rings (SSSR count). The molecule has 0 aromatic heterocycles. The molecular weight excluding hydrogens is 178 g/mol. The third-order valence-corrected chi connectivity index (χ3v) is 3.15. The molecule has 0 N–H and O–H groups in total. The molecule has 1 nitrogen and oxygen atoms in total. The normalized spacial score (nSPS) is 16.1. The van der Waals surface area contributed by atoms with Crippen molar-refractivity contribution in [3.8, 4) is 0 Å². The van der Waals surface area contributed by atoms with E-state index in [0.717, 1.165) is 6.54 Å². The summed E-state index contributed by atoms with van der Waals surface area (Å²) in [6, 6.07) is 10.5. The highest BCUT2D eigenvalue weighted by Gasteiger charge is 2.09. The summed E-state index contributed by atoms with van der Waals surface area (Å²) in [5, 5.41) is 0. The number of thioether (sulfide) groups is 1. The van der Waals surface area contributed by atoms with Crippen LogP contribution in [0.1, 0.15) is 6.42 Å². The summed E-state index contributed by atoms with van der Waals surface area (Å²) in [6.07, 6.45) is 3.42. The molecule has 13 heavy (non-hydrogen) atoms. The Morgan fingerprint density at radius 1 is 1.23 bits per heavy atom. The van der Waals surface area contributed by atoms with Crippen LogP contribution in [0.15, 0.2) is 46.3 Å². The maximum Gasteiger partial charge on any atom is 0.0215 e. The zero-order valence-electron chi connectivity index (χ0n) is 7.73. The molecule has 0 unspecified atom stereocenters. The molecule has 1 aromatic carbocycles. The summed E-state index contributed by atoms with van der Waals surface area (Å²) < 4.78 is 0. The molecule has 1 heterocycles. The van der Waals surface area contributed by atoms with Gasteiger partial charge in [0.1, 0.15) is 0 Å². The van der Waals surface area contributed by atoms with Crippen LogP contribution in [0.3, 0.4) is 0 Å². The lowest BCUT2D eigenvalue weighted by atomic mass is 10.4. The highest BCUT2D eigenvalue weighted by atomic mass is 32.2. The van der Waals surface area contributed by atoms with Gasteiger partial charge in [0.2, 0.25) is 0 Å². The summed E-state index contributed by atoms with van der Waals surface area (Å²) in [6.45, 7) is 1.16. The van der Waals surface area contributed by atoms with Crippen molar-refractivity contribution in [3.05, 3.63) is 41.4 Å². The van der Waals surface area contributed by atoms with Gasteiger partial charge in [-0.15, -0.1) is 0 Å². The Kier molecular flexibility index (Phi) is 2.60. The summed E-state index contributed by atoms with van der Waals surface area (Å²) >= 11 is 1.87. The Labute approximate surface area is 83.4 Å². The molecule has 0 atom stereocenters. The highest BCUT2D eigenvalue weighted by molar-refractivity contribution is 8.03. The van der Waals surface area contributed by atoms with Crippen molar-refractivity contribution >= 4 is 11.8 Å². The first-order chi connectivity index (χ1) is 6.34. The fourth-order valence-electron chi connectivity index (χ4n) is 1.38. The Morgan fingerprint density at radius 2 is 2.00 bits per heavy atom. The molecule has 1 aliphatic rings. The van der Waals surface area contributed by atoms with E-state index in [1.165, 1.54) is 16.2 Å². The Bertz CT molecular complexity index is 305. The largest absolute Gasteiger partial charge is 0.379 e. The summed E-state index contributed by atoms with van der Waals surface area (Å²) in [4.78, 5) is 5.04. The lowest BCUT2D eigenvalue weighted by Crippen LogP contribution is -2.04. The van der Waals surface area contributed by atoms with Gasteiger partial charge in [0, 0.05) is 29.6 Å². The number of hydrogen-bond acceptors (Lipinski definition) is 2. The maximum absolute atomic E-state index is 2.24. The van der Waals surface area contributed by atoms with E-state index in [1.54, 1.807) is 0 Å². The molecule has 2 heteroatoms. The van der Waals surface area contributed by atoms with Crippen molar-refractivity contribution in [2.45, 2.75) is 11.3 Å². The summed E-state index contributed by atoms with van der Waals surface area (Å²) in [5.74, 6) is 0. The third kappa shape index (κ3) is 2.28. The minimum absolute atomic E-state index is 1.16. The number of nitrogens with zero attached hydrogens (tertiary/aromatic N) is 1. The van der Waals surface area contributed by atoms with E-state index in [0.29, 0.717) is 0 Å². The predicted octanol–water partition coefficient (Wildman–Crippen LogP) is 2.96. The van der Waals surface area contributed by atoms with E-state index in [4.69, 9.17) is 0 Å². The van der Waals surface area contributed by atoms with E-state index >= 15 is 0 Å². The summed E-state index contributed by atoms with van der Waals surface area (Å²) in [7, 11) is 2.12. The Morgan fingerprint density at radius 3 is 2.62 bits per heavy atom. The van der Waals surface area contributed by atoms with Crippen LogP contribution in [0.5, 0.6) is 0 Å². The fourth-order valence-corrected chi connectivity index (χ4v) is 2.40. The van der Waals surface area contributed by atoms with Crippen LogP contribution in [0.4, 0.5) is 0 Å². The van der Waals surface area contributed by atoms with E-state index < -0.39 is 0 Å². The molecule has 68 valence electrons. The van der Waals surface area contributed by atoms with Crippen molar-refractivity contribution in [1.82, 2.24) is 4.90 Å². The van der Waals surface area contributed by atoms with Crippen LogP contribution >= 0.6 is 11.8 Å². The van der Waals surface area contributed by atoms with Gasteiger partial charge in [-0.2, -0.15) is 0 Å². The van der Waals surface area contributed by atoms with Gasteiger partial charge in [0.05, 0.1) is 0 Å². The van der Waals surface area contributed by atoms with Gasteiger partial charge in [-0.1, -0.05) is 30.0 Å². The maximum atomic E-state index is 2.24. The third-order valence-electron chi connectivity index (χ3n) is 2.07. The Hall–Kier alpha value is -0.890. The van der Waals surface area contributed by atoms with E-state index in [1.807, 2.05) is 11.8 Å². The standard InChI is InChI=1S/C11H13NS/c1-12-8-7-11(9-12)13-10-5-3-2-4-6-10/h2-6,9H,7-8H2,1H3. The van der Waals surface area contributed by atoms with Gasteiger partial charge in [-0.3, -0.25) is 0 Å². The minimum atomic E-state index is 1.16. The zero-order chi connectivity index (χ0) is 9.10.